The van der Waals surface area contributed by atoms with Crippen LogP contribution in [-0.2, 0) is 14.3 Å². The zero-order valence-corrected chi connectivity index (χ0v) is 21.4. The summed E-state index contributed by atoms with van der Waals surface area (Å²) in [4.78, 5) is 26.9. The van der Waals surface area contributed by atoms with Gasteiger partial charge in [-0.3, -0.25) is 4.79 Å². The van der Waals surface area contributed by atoms with Gasteiger partial charge in [-0.1, -0.05) is 39.7 Å². The Bertz CT molecular complexity index is 1020. The van der Waals surface area contributed by atoms with E-state index in [1.54, 1.807) is 20.3 Å². The Kier molecular flexibility index (Phi) is 7.95. The number of esters is 1. The lowest BCUT2D eigenvalue weighted by molar-refractivity contribution is -0.139. The van der Waals surface area contributed by atoms with Crippen LogP contribution in [0.2, 0.25) is 0 Å². The molecule has 1 aromatic rings. The molecule has 1 aliphatic heterocycles. The lowest BCUT2D eigenvalue weighted by atomic mass is 9.68. The van der Waals surface area contributed by atoms with Gasteiger partial charge < -0.3 is 24.3 Å². The molecule has 1 heterocycles. The molecule has 0 saturated carbocycles. The number of Topliss-reactive ketones (excluding diaryl/α,β-unsaturated/α-hetero) is 1. The van der Waals surface area contributed by atoms with Crippen molar-refractivity contribution in [2.45, 2.75) is 65.7 Å². The van der Waals surface area contributed by atoms with Crippen molar-refractivity contribution in [3.05, 3.63) is 40.2 Å². The second-order valence-electron chi connectivity index (χ2n) is 9.70. The van der Waals surface area contributed by atoms with Crippen molar-refractivity contribution in [2.24, 2.45) is 5.41 Å². The van der Waals surface area contributed by atoms with Gasteiger partial charge in [-0.2, -0.15) is 0 Å². The fraction of sp³-hybridized carbons (Fsp3) is 0.556. The van der Waals surface area contributed by atoms with Gasteiger partial charge in [-0.25, -0.2) is 4.79 Å². The van der Waals surface area contributed by atoms with Gasteiger partial charge in [0.15, 0.2) is 17.3 Å². The van der Waals surface area contributed by atoms with Crippen molar-refractivity contribution in [1.82, 2.24) is 5.32 Å². The normalized spacial score (nSPS) is 19.4. The molecule has 1 aliphatic carbocycles. The molecule has 3 rings (SSSR count). The number of methoxy groups -OCH3 is 3. The number of carbonyl (C=O) groups is 2. The molecule has 0 unspecified atom stereocenters. The molecular formula is C27H37NO6. The van der Waals surface area contributed by atoms with Crippen LogP contribution >= 0.6 is 0 Å². The molecule has 1 N–H and O–H groups in total. The third kappa shape index (κ3) is 4.93. The Hall–Kier alpha value is -2.96. The summed E-state index contributed by atoms with van der Waals surface area (Å²) >= 11 is 0. The summed E-state index contributed by atoms with van der Waals surface area (Å²) in [5.74, 6) is 0.318. The van der Waals surface area contributed by atoms with Crippen LogP contribution in [0.5, 0.6) is 17.2 Å². The molecule has 0 saturated heterocycles. The molecule has 0 fully saturated rings. The van der Waals surface area contributed by atoms with E-state index in [2.05, 4.69) is 26.1 Å². The first kappa shape index (κ1) is 25.7. The average molecular weight is 472 g/mol. The number of rotatable bonds is 9. The Morgan fingerprint density at radius 3 is 2.38 bits per heavy atom. The van der Waals surface area contributed by atoms with Crippen LogP contribution in [0.3, 0.4) is 0 Å². The molecule has 34 heavy (non-hydrogen) atoms. The number of allylic oxidation sites excluding steroid dienone is 3. The number of carbonyl (C=O) groups excluding carboxylic acids is 2. The topological polar surface area (TPSA) is 83.1 Å². The summed E-state index contributed by atoms with van der Waals surface area (Å²) in [6, 6.07) is 3.61. The lowest BCUT2D eigenvalue weighted by Crippen LogP contribution is -2.38. The maximum Gasteiger partial charge on any atom is 0.336 e. The van der Waals surface area contributed by atoms with E-state index in [1.807, 2.05) is 13.0 Å². The average Bonchev–Trinajstić information content (AvgIpc) is 2.78. The van der Waals surface area contributed by atoms with Crippen LogP contribution in [0, 0.1) is 5.41 Å². The number of hydrogen-bond donors (Lipinski definition) is 1. The standard InChI is InChI=1S/C27H37NO6/c1-8-9-10-13-34-26(30)21-16(2)28-18-14-27(3,4)15-19(29)23(18)22(21)17-11-12-20(31-5)25(33-7)24(17)32-6/h11-12,22,28H,8-10,13-15H2,1-7H3/t22-/m0/s1. The summed E-state index contributed by atoms with van der Waals surface area (Å²) in [5.41, 5.74) is 3.05. The molecule has 7 nitrogen and oxygen atoms in total. The zero-order valence-electron chi connectivity index (χ0n) is 21.4. The van der Waals surface area contributed by atoms with Gasteiger partial charge in [0.25, 0.3) is 0 Å². The van der Waals surface area contributed by atoms with E-state index in [0.717, 1.165) is 25.0 Å². The first-order chi connectivity index (χ1) is 16.2. The Morgan fingerprint density at radius 1 is 1.06 bits per heavy atom. The lowest BCUT2D eigenvalue weighted by Gasteiger charge is -2.39. The maximum atomic E-state index is 13.5. The molecule has 0 amide bonds. The largest absolute Gasteiger partial charge is 0.493 e. The zero-order chi connectivity index (χ0) is 25.0. The predicted octanol–water partition coefficient (Wildman–Crippen LogP) is 5.05. The van der Waals surface area contributed by atoms with Gasteiger partial charge in [0.05, 0.1) is 39.4 Å². The highest BCUT2D eigenvalue weighted by atomic mass is 16.5. The van der Waals surface area contributed by atoms with E-state index in [-0.39, 0.29) is 11.2 Å². The van der Waals surface area contributed by atoms with Crippen LogP contribution < -0.4 is 19.5 Å². The molecule has 1 atom stereocenters. The van der Waals surface area contributed by atoms with Gasteiger partial charge in [0.2, 0.25) is 5.75 Å². The minimum atomic E-state index is -0.631. The van der Waals surface area contributed by atoms with Crippen LogP contribution in [0.4, 0.5) is 0 Å². The first-order valence-electron chi connectivity index (χ1n) is 11.9. The molecule has 2 aliphatic rings. The fourth-order valence-electron chi connectivity index (χ4n) is 4.96. The van der Waals surface area contributed by atoms with Crippen LogP contribution in [0.25, 0.3) is 0 Å². The number of nitrogens with one attached hydrogen (secondary N) is 1. The predicted molar refractivity (Wildman–Crippen MR) is 130 cm³/mol. The van der Waals surface area contributed by atoms with Crippen molar-refractivity contribution in [1.29, 1.82) is 0 Å². The van der Waals surface area contributed by atoms with Crippen LogP contribution in [0.15, 0.2) is 34.7 Å². The van der Waals surface area contributed by atoms with Gasteiger partial charge in [0, 0.05) is 29.0 Å². The van der Waals surface area contributed by atoms with E-state index >= 15 is 0 Å². The number of dihydropyridines is 1. The number of benzene rings is 1. The molecule has 1 aromatic carbocycles. The monoisotopic (exact) mass is 471 g/mol. The molecule has 186 valence electrons. The summed E-state index contributed by atoms with van der Waals surface area (Å²) in [6.07, 6.45) is 3.92. The third-order valence-corrected chi connectivity index (χ3v) is 6.49. The number of hydrogen-bond acceptors (Lipinski definition) is 7. The van der Waals surface area contributed by atoms with Crippen molar-refractivity contribution in [2.75, 3.05) is 27.9 Å². The number of ketones is 1. The van der Waals surface area contributed by atoms with Gasteiger partial charge in [-0.05, 0) is 31.2 Å². The minimum absolute atomic E-state index is 0.0179. The number of unbranched alkanes of at least 4 members (excludes halogenated alkanes) is 2. The third-order valence-electron chi connectivity index (χ3n) is 6.49. The van der Waals surface area contributed by atoms with Crippen molar-refractivity contribution in [3.8, 4) is 17.2 Å². The van der Waals surface area contributed by atoms with E-state index < -0.39 is 11.9 Å². The van der Waals surface area contributed by atoms with E-state index in [4.69, 9.17) is 18.9 Å². The van der Waals surface area contributed by atoms with Gasteiger partial charge in [-0.15, -0.1) is 0 Å². The van der Waals surface area contributed by atoms with Crippen molar-refractivity contribution in [3.63, 3.8) is 0 Å². The Morgan fingerprint density at radius 2 is 1.76 bits per heavy atom. The summed E-state index contributed by atoms with van der Waals surface area (Å²) in [6.45, 7) is 8.46. The van der Waals surface area contributed by atoms with Crippen molar-refractivity contribution >= 4 is 11.8 Å². The Balaban J connectivity index is 2.18. The molecule has 0 bridgehead atoms. The SMILES string of the molecule is CCCCCOC(=O)C1=C(C)NC2=C(C(=O)CC(C)(C)C2)[C@H]1c1ccc(OC)c(OC)c1OC. The molecule has 7 heteroatoms. The number of ether oxygens (including phenoxy) is 4. The highest BCUT2D eigenvalue weighted by Gasteiger charge is 2.44. The molecule has 0 aromatic heterocycles. The van der Waals surface area contributed by atoms with E-state index in [9.17, 15) is 9.59 Å². The maximum absolute atomic E-state index is 13.5. The second-order valence-corrected chi connectivity index (χ2v) is 9.70. The summed E-state index contributed by atoms with van der Waals surface area (Å²) in [7, 11) is 4.63. The second kappa shape index (κ2) is 10.5. The fourth-order valence-corrected chi connectivity index (χ4v) is 4.96. The summed E-state index contributed by atoms with van der Waals surface area (Å²) in [5, 5.41) is 3.37. The molecule has 0 spiro atoms. The van der Waals surface area contributed by atoms with E-state index in [0.29, 0.717) is 59.1 Å². The highest BCUT2D eigenvalue weighted by molar-refractivity contribution is 6.04. The Labute approximate surface area is 202 Å². The smallest absolute Gasteiger partial charge is 0.336 e. The summed E-state index contributed by atoms with van der Waals surface area (Å²) < 4.78 is 22.5. The molecule has 0 radical (unpaired) electrons. The quantitative estimate of drug-likeness (QED) is 0.399. The van der Waals surface area contributed by atoms with Crippen LogP contribution in [-0.4, -0.2) is 39.7 Å². The van der Waals surface area contributed by atoms with Gasteiger partial charge >= 0.3 is 5.97 Å². The highest BCUT2D eigenvalue weighted by Crippen LogP contribution is 2.51. The van der Waals surface area contributed by atoms with Crippen molar-refractivity contribution < 1.29 is 28.5 Å². The molecular weight excluding hydrogens is 434 g/mol. The first-order valence-corrected chi connectivity index (χ1v) is 11.9. The minimum Gasteiger partial charge on any atom is -0.493 e. The van der Waals surface area contributed by atoms with Crippen LogP contribution in [0.1, 0.15) is 71.3 Å². The van der Waals surface area contributed by atoms with Gasteiger partial charge in [0.1, 0.15) is 0 Å². The van der Waals surface area contributed by atoms with E-state index in [1.165, 1.54) is 7.11 Å².